The summed E-state index contributed by atoms with van der Waals surface area (Å²) in [6.45, 7) is 3.47. The van der Waals surface area contributed by atoms with Gasteiger partial charge in [-0.15, -0.1) is 0 Å². The molecule has 2 atom stereocenters. The van der Waals surface area contributed by atoms with E-state index in [0.717, 1.165) is 0 Å². The molecular formula is C12H18N2O6S. The number of sulfonamides is 1. The molecule has 1 aromatic rings. The Morgan fingerprint density at radius 3 is 2.33 bits per heavy atom. The molecule has 0 spiro atoms. The van der Waals surface area contributed by atoms with Crippen molar-refractivity contribution in [2.24, 2.45) is 0 Å². The Hall–Kier alpha value is -1.68. The lowest BCUT2D eigenvalue weighted by molar-refractivity contribution is -0.133. The first-order chi connectivity index (χ1) is 9.81. The van der Waals surface area contributed by atoms with Gasteiger partial charge in [0, 0.05) is 0 Å². The van der Waals surface area contributed by atoms with Crippen LogP contribution < -0.4 is 14.9 Å². The van der Waals surface area contributed by atoms with E-state index in [2.05, 4.69) is 0 Å². The minimum atomic E-state index is -4.03. The van der Waals surface area contributed by atoms with E-state index in [1.165, 1.54) is 36.7 Å². The van der Waals surface area contributed by atoms with Gasteiger partial charge < -0.3 is 9.84 Å². The highest BCUT2D eigenvalue weighted by Crippen LogP contribution is 2.16. The summed E-state index contributed by atoms with van der Waals surface area (Å²) in [6.07, 6.45) is -1.32. The largest absolute Gasteiger partial charge is 0.494 e. The summed E-state index contributed by atoms with van der Waals surface area (Å²) in [5, 5.41) is 18.0. The number of nitrogens with one attached hydrogen (secondary N) is 2. The Bertz CT molecular complexity index is 570. The van der Waals surface area contributed by atoms with Crippen LogP contribution in [0.4, 0.5) is 0 Å². The van der Waals surface area contributed by atoms with E-state index >= 15 is 0 Å². The SMILES string of the molecule is CCOc1ccc(S(=O)(=O)NC(C(=O)NO)[C@H](C)O)cc1. The normalized spacial score (nSPS) is 14.3. The van der Waals surface area contributed by atoms with Crippen molar-refractivity contribution < 1.29 is 28.3 Å². The number of amides is 1. The molecule has 9 heteroatoms. The maximum absolute atomic E-state index is 12.1. The molecule has 0 aliphatic heterocycles. The molecule has 0 aliphatic carbocycles. The molecular weight excluding hydrogens is 300 g/mol. The highest BCUT2D eigenvalue weighted by molar-refractivity contribution is 7.89. The van der Waals surface area contributed by atoms with Crippen molar-refractivity contribution in [2.75, 3.05) is 6.61 Å². The topological polar surface area (TPSA) is 125 Å². The van der Waals surface area contributed by atoms with Crippen LogP contribution in [0.25, 0.3) is 0 Å². The molecule has 0 bridgehead atoms. The molecule has 1 unspecified atom stereocenters. The van der Waals surface area contributed by atoms with Crippen LogP contribution in [-0.2, 0) is 14.8 Å². The maximum atomic E-state index is 12.1. The third-order valence-corrected chi connectivity index (χ3v) is 4.06. The number of carbonyl (C=O) groups is 1. The van der Waals surface area contributed by atoms with Crippen LogP contribution in [0, 0.1) is 0 Å². The zero-order valence-corrected chi connectivity index (χ0v) is 12.4. The average Bonchev–Trinajstić information content (AvgIpc) is 2.44. The van der Waals surface area contributed by atoms with Crippen LogP contribution in [-0.4, -0.2) is 43.4 Å². The molecule has 4 N–H and O–H groups in total. The van der Waals surface area contributed by atoms with E-state index in [1.807, 2.05) is 4.72 Å². The molecule has 0 fully saturated rings. The average molecular weight is 318 g/mol. The van der Waals surface area contributed by atoms with Crippen LogP contribution in [0.1, 0.15) is 13.8 Å². The van der Waals surface area contributed by atoms with Crippen molar-refractivity contribution in [1.29, 1.82) is 0 Å². The van der Waals surface area contributed by atoms with Gasteiger partial charge in [-0.05, 0) is 38.1 Å². The van der Waals surface area contributed by atoms with E-state index in [-0.39, 0.29) is 4.90 Å². The molecule has 1 amide bonds. The number of hydrogen-bond donors (Lipinski definition) is 4. The second-order valence-corrected chi connectivity index (χ2v) is 5.93. The standard InChI is InChI=1S/C12H18N2O6S/c1-3-20-9-4-6-10(7-5-9)21(18,19)14-11(8(2)15)12(16)13-17/h4-8,11,14-15,17H,3H2,1-2H3,(H,13,16)/t8-,11?/m0/s1. The van der Waals surface area contributed by atoms with Gasteiger partial charge in [-0.2, -0.15) is 4.72 Å². The second kappa shape index (κ2) is 7.36. The van der Waals surface area contributed by atoms with Gasteiger partial charge >= 0.3 is 0 Å². The summed E-state index contributed by atoms with van der Waals surface area (Å²) in [5.41, 5.74) is 1.30. The van der Waals surface area contributed by atoms with Gasteiger partial charge in [0.15, 0.2) is 0 Å². The van der Waals surface area contributed by atoms with Crippen molar-refractivity contribution in [3.8, 4) is 5.75 Å². The number of rotatable bonds is 7. The fraction of sp³-hybridized carbons (Fsp3) is 0.417. The fourth-order valence-electron chi connectivity index (χ4n) is 1.56. The Labute approximate surface area is 122 Å². The van der Waals surface area contributed by atoms with Gasteiger partial charge in [0.2, 0.25) is 10.0 Å². The number of hydroxylamine groups is 1. The lowest BCUT2D eigenvalue weighted by atomic mass is 10.2. The van der Waals surface area contributed by atoms with Crippen molar-refractivity contribution in [3.05, 3.63) is 24.3 Å². The molecule has 0 aromatic heterocycles. The zero-order chi connectivity index (χ0) is 16.0. The Balaban J connectivity index is 2.96. The van der Waals surface area contributed by atoms with E-state index in [9.17, 15) is 18.3 Å². The summed E-state index contributed by atoms with van der Waals surface area (Å²) < 4.78 is 31.4. The molecule has 0 saturated heterocycles. The van der Waals surface area contributed by atoms with Crippen LogP contribution in [0.15, 0.2) is 29.2 Å². The summed E-state index contributed by atoms with van der Waals surface area (Å²) >= 11 is 0. The first-order valence-corrected chi connectivity index (χ1v) is 7.67. The van der Waals surface area contributed by atoms with Crippen LogP contribution in [0.5, 0.6) is 5.75 Å². The third kappa shape index (κ3) is 4.67. The number of hydrogen-bond acceptors (Lipinski definition) is 6. The lowest BCUT2D eigenvalue weighted by Crippen LogP contribution is -2.51. The number of benzene rings is 1. The predicted octanol–water partition coefficient (Wildman–Crippen LogP) is -0.382. The quantitative estimate of drug-likeness (QED) is 0.401. The minimum absolute atomic E-state index is 0.0951. The molecule has 8 nitrogen and oxygen atoms in total. The second-order valence-electron chi connectivity index (χ2n) is 4.22. The van der Waals surface area contributed by atoms with Crippen molar-refractivity contribution >= 4 is 15.9 Å². The summed E-state index contributed by atoms with van der Waals surface area (Å²) in [5.74, 6) is -0.545. The highest BCUT2D eigenvalue weighted by Gasteiger charge is 2.29. The highest BCUT2D eigenvalue weighted by atomic mass is 32.2. The van der Waals surface area contributed by atoms with Gasteiger partial charge in [-0.3, -0.25) is 10.0 Å². The summed E-state index contributed by atoms with van der Waals surface area (Å²) in [4.78, 5) is 11.2. The van der Waals surface area contributed by atoms with E-state index in [0.29, 0.717) is 12.4 Å². The van der Waals surface area contributed by atoms with E-state index < -0.39 is 28.1 Å². The number of aliphatic hydroxyl groups excluding tert-OH is 1. The van der Waals surface area contributed by atoms with Crippen LogP contribution in [0.2, 0.25) is 0 Å². The van der Waals surface area contributed by atoms with E-state index in [1.54, 1.807) is 6.92 Å². The molecule has 1 rings (SSSR count). The number of ether oxygens (including phenoxy) is 1. The van der Waals surface area contributed by atoms with Gasteiger partial charge in [-0.1, -0.05) is 0 Å². The Morgan fingerprint density at radius 2 is 1.90 bits per heavy atom. The summed E-state index contributed by atoms with van der Waals surface area (Å²) in [7, 11) is -4.03. The number of carbonyl (C=O) groups excluding carboxylic acids is 1. The first kappa shape index (κ1) is 17.4. The van der Waals surface area contributed by atoms with Gasteiger partial charge in [-0.25, -0.2) is 13.9 Å². The molecule has 0 saturated carbocycles. The van der Waals surface area contributed by atoms with Crippen LogP contribution in [0.3, 0.4) is 0 Å². The lowest BCUT2D eigenvalue weighted by Gasteiger charge is -2.19. The molecule has 21 heavy (non-hydrogen) atoms. The zero-order valence-electron chi connectivity index (χ0n) is 11.6. The van der Waals surface area contributed by atoms with Crippen molar-refractivity contribution in [2.45, 2.75) is 30.9 Å². The Kier molecular flexibility index (Phi) is 6.09. The Morgan fingerprint density at radius 1 is 1.33 bits per heavy atom. The third-order valence-electron chi connectivity index (χ3n) is 2.60. The fourth-order valence-corrected chi connectivity index (χ4v) is 2.83. The van der Waals surface area contributed by atoms with Crippen molar-refractivity contribution in [3.63, 3.8) is 0 Å². The molecule has 118 valence electrons. The van der Waals surface area contributed by atoms with E-state index in [4.69, 9.17) is 9.94 Å². The van der Waals surface area contributed by atoms with Crippen molar-refractivity contribution in [1.82, 2.24) is 10.2 Å². The first-order valence-electron chi connectivity index (χ1n) is 6.19. The van der Waals surface area contributed by atoms with Gasteiger partial charge in [0.05, 0.1) is 17.6 Å². The van der Waals surface area contributed by atoms with Crippen LogP contribution >= 0.6 is 0 Å². The van der Waals surface area contributed by atoms with Gasteiger partial charge in [0.25, 0.3) is 5.91 Å². The minimum Gasteiger partial charge on any atom is -0.494 e. The molecule has 0 aliphatic rings. The predicted molar refractivity (Wildman–Crippen MR) is 73.3 cm³/mol. The smallest absolute Gasteiger partial charge is 0.264 e. The van der Waals surface area contributed by atoms with Gasteiger partial charge in [0.1, 0.15) is 11.8 Å². The maximum Gasteiger partial charge on any atom is 0.264 e. The monoisotopic (exact) mass is 318 g/mol. The molecule has 0 radical (unpaired) electrons. The molecule has 0 heterocycles. The molecule has 1 aromatic carbocycles. The summed E-state index contributed by atoms with van der Waals surface area (Å²) in [6, 6.07) is 4.06. The number of aliphatic hydroxyl groups is 1.